The van der Waals surface area contributed by atoms with Crippen molar-refractivity contribution in [1.29, 1.82) is 0 Å². The van der Waals surface area contributed by atoms with Gasteiger partial charge in [0.25, 0.3) is 0 Å². The Bertz CT molecular complexity index is 549. The van der Waals surface area contributed by atoms with Gasteiger partial charge in [-0.1, -0.05) is 31.2 Å². The van der Waals surface area contributed by atoms with Crippen LogP contribution in [0.15, 0.2) is 47.1 Å². The lowest BCUT2D eigenvalue weighted by Crippen LogP contribution is -2.31. The van der Waals surface area contributed by atoms with Crippen LogP contribution in [-0.2, 0) is 17.6 Å². The number of benzene rings is 1. The average Bonchev–Trinajstić information content (AvgIpc) is 2.99. The quantitative estimate of drug-likeness (QED) is 0.848. The van der Waals surface area contributed by atoms with Crippen LogP contribution in [0.1, 0.15) is 29.9 Å². The van der Waals surface area contributed by atoms with Crippen molar-refractivity contribution in [3.63, 3.8) is 0 Å². The third-order valence-corrected chi connectivity index (χ3v) is 3.17. The highest BCUT2D eigenvalue weighted by Crippen LogP contribution is 2.13. The molecule has 0 aliphatic carbocycles. The van der Waals surface area contributed by atoms with Gasteiger partial charge in [0.2, 0.25) is 5.91 Å². The van der Waals surface area contributed by atoms with Crippen LogP contribution in [0.5, 0.6) is 0 Å². The average molecular weight is 273 g/mol. The van der Waals surface area contributed by atoms with E-state index in [4.69, 9.17) is 4.42 Å². The number of rotatable bonds is 6. The third kappa shape index (κ3) is 3.71. The van der Waals surface area contributed by atoms with Gasteiger partial charge in [-0.15, -0.1) is 0 Å². The number of carbonyl (C=O) groups is 1. The van der Waals surface area contributed by atoms with Gasteiger partial charge in [-0.05, 0) is 29.7 Å². The maximum atomic E-state index is 12.0. The van der Waals surface area contributed by atoms with E-state index in [9.17, 15) is 9.90 Å². The maximum absolute atomic E-state index is 12.0. The van der Waals surface area contributed by atoms with Crippen LogP contribution in [0.2, 0.25) is 0 Å². The van der Waals surface area contributed by atoms with Crippen molar-refractivity contribution in [3.8, 4) is 0 Å². The van der Waals surface area contributed by atoms with Crippen molar-refractivity contribution in [2.45, 2.75) is 25.8 Å². The standard InChI is InChI=1S/C16H19NO3/c1-2-12-5-3-6-13(9-12)10-16(19)17-14(11-18)15-7-4-8-20-15/h3-9,14,18H,2,10-11H2,1H3,(H,17,19). The topological polar surface area (TPSA) is 62.5 Å². The molecule has 4 nitrogen and oxygen atoms in total. The molecule has 1 aromatic heterocycles. The second-order valence-corrected chi connectivity index (χ2v) is 4.67. The third-order valence-electron chi connectivity index (χ3n) is 3.17. The fourth-order valence-corrected chi connectivity index (χ4v) is 2.09. The molecule has 1 heterocycles. The summed E-state index contributed by atoms with van der Waals surface area (Å²) >= 11 is 0. The SMILES string of the molecule is CCc1cccc(CC(=O)NC(CO)c2ccco2)c1. The zero-order chi connectivity index (χ0) is 14.4. The Morgan fingerprint density at radius 3 is 2.75 bits per heavy atom. The summed E-state index contributed by atoms with van der Waals surface area (Å²) in [6, 6.07) is 10.9. The molecule has 0 aliphatic heterocycles. The first kappa shape index (κ1) is 14.3. The molecule has 0 fully saturated rings. The monoisotopic (exact) mass is 273 g/mol. The van der Waals surface area contributed by atoms with E-state index in [0.29, 0.717) is 12.2 Å². The van der Waals surface area contributed by atoms with E-state index in [-0.39, 0.29) is 12.5 Å². The van der Waals surface area contributed by atoms with Crippen LogP contribution < -0.4 is 5.32 Å². The lowest BCUT2D eigenvalue weighted by molar-refractivity contribution is -0.121. The van der Waals surface area contributed by atoms with Crippen LogP contribution in [0.4, 0.5) is 0 Å². The molecule has 0 saturated carbocycles. The summed E-state index contributed by atoms with van der Waals surface area (Å²) in [7, 11) is 0. The smallest absolute Gasteiger partial charge is 0.225 e. The minimum absolute atomic E-state index is 0.131. The van der Waals surface area contributed by atoms with Crippen molar-refractivity contribution < 1.29 is 14.3 Å². The van der Waals surface area contributed by atoms with Gasteiger partial charge in [0, 0.05) is 0 Å². The summed E-state index contributed by atoms with van der Waals surface area (Å²) in [5.74, 6) is 0.428. The fraction of sp³-hybridized carbons (Fsp3) is 0.312. The molecule has 2 N–H and O–H groups in total. The van der Waals surface area contributed by atoms with Crippen molar-refractivity contribution in [2.24, 2.45) is 0 Å². The number of amides is 1. The molecule has 0 aliphatic rings. The van der Waals surface area contributed by atoms with Gasteiger partial charge < -0.3 is 14.8 Å². The zero-order valence-corrected chi connectivity index (χ0v) is 11.5. The highest BCUT2D eigenvalue weighted by molar-refractivity contribution is 5.79. The van der Waals surface area contributed by atoms with Crippen molar-refractivity contribution in [3.05, 3.63) is 59.5 Å². The Morgan fingerprint density at radius 1 is 1.30 bits per heavy atom. The predicted octanol–water partition coefficient (Wildman–Crippen LogP) is 2.23. The lowest BCUT2D eigenvalue weighted by atomic mass is 10.1. The van der Waals surface area contributed by atoms with Gasteiger partial charge in [0.05, 0.1) is 19.3 Å². The molecule has 20 heavy (non-hydrogen) atoms. The van der Waals surface area contributed by atoms with Gasteiger partial charge in [-0.3, -0.25) is 4.79 Å². The molecule has 0 bridgehead atoms. The summed E-state index contributed by atoms with van der Waals surface area (Å²) in [6.07, 6.45) is 2.76. The maximum Gasteiger partial charge on any atom is 0.225 e. The van der Waals surface area contributed by atoms with Crippen LogP contribution >= 0.6 is 0 Å². The van der Waals surface area contributed by atoms with Crippen molar-refractivity contribution >= 4 is 5.91 Å². The minimum atomic E-state index is -0.494. The van der Waals surface area contributed by atoms with Crippen molar-refractivity contribution in [2.75, 3.05) is 6.61 Å². The second-order valence-electron chi connectivity index (χ2n) is 4.67. The molecule has 0 radical (unpaired) electrons. The summed E-state index contributed by atoms with van der Waals surface area (Å²) in [6.45, 7) is 1.89. The number of hydrogen-bond acceptors (Lipinski definition) is 3. The predicted molar refractivity (Wildman–Crippen MR) is 76.2 cm³/mol. The van der Waals surface area contributed by atoms with Gasteiger partial charge >= 0.3 is 0 Å². The largest absolute Gasteiger partial charge is 0.467 e. The first-order valence-corrected chi connectivity index (χ1v) is 6.74. The molecule has 1 atom stereocenters. The molecular formula is C16H19NO3. The molecule has 0 spiro atoms. The molecule has 4 heteroatoms. The molecule has 106 valence electrons. The van der Waals surface area contributed by atoms with Crippen molar-refractivity contribution in [1.82, 2.24) is 5.32 Å². The summed E-state index contributed by atoms with van der Waals surface area (Å²) < 4.78 is 5.20. The Morgan fingerprint density at radius 2 is 2.10 bits per heavy atom. The Labute approximate surface area is 118 Å². The second kappa shape index (κ2) is 6.91. The molecule has 2 aromatic rings. The highest BCUT2D eigenvalue weighted by Gasteiger charge is 2.16. The number of aliphatic hydroxyl groups is 1. The number of aliphatic hydroxyl groups excluding tert-OH is 1. The Kier molecular flexibility index (Phi) is 4.96. The summed E-state index contributed by atoms with van der Waals surface area (Å²) in [5, 5.41) is 12.1. The molecule has 0 saturated heterocycles. The number of aryl methyl sites for hydroxylation is 1. The lowest BCUT2D eigenvalue weighted by Gasteiger charge is -2.14. The normalized spacial score (nSPS) is 12.1. The fourth-order valence-electron chi connectivity index (χ4n) is 2.09. The number of furan rings is 1. The van der Waals surface area contributed by atoms with Gasteiger partial charge in [-0.25, -0.2) is 0 Å². The van der Waals surface area contributed by atoms with Gasteiger partial charge in [0.15, 0.2) is 0 Å². The van der Waals surface area contributed by atoms with E-state index < -0.39 is 6.04 Å². The van der Waals surface area contributed by atoms with Crippen LogP contribution in [0.25, 0.3) is 0 Å². The number of hydrogen-bond donors (Lipinski definition) is 2. The zero-order valence-electron chi connectivity index (χ0n) is 11.5. The minimum Gasteiger partial charge on any atom is -0.467 e. The van der Waals surface area contributed by atoms with E-state index in [1.165, 1.54) is 11.8 Å². The van der Waals surface area contributed by atoms with Crippen LogP contribution in [0.3, 0.4) is 0 Å². The molecule has 2 rings (SSSR count). The Hall–Kier alpha value is -2.07. The van der Waals surface area contributed by atoms with Crippen LogP contribution in [0, 0.1) is 0 Å². The van der Waals surface area contributed by atoms with E-state index in [1.54, 1.807) is 12.1 Å². The number of nitrogens with one attached hydrogen (secondary N) is 1. The van der Waals surface area contributed by atoms with Gasteiger partial charge in [0.1, 0.15) is 11.8 Å². The molecule has 1 unspecified atom stereocenters. The van der Waals surface area contributed by atoms with E-state index in [2.05, 4.69) is 12.2 Å². The molecular weight excluding hydrogens is 254 g/mol. The van der Waals surface area contributed by atoms with Crippen LogP contribution in [-0.4, -0.2) is 17.6 Å². The Balaban J connectivity index is 1.97. The van der Waals surface area contributed by atoms with E-state index in [0.717, 1.165) is 12.0 Å². The van der Waals surface area contributed by atoms with E-state index in [1.807, 2.05) is 24.3 Å². The van der Waals surface area contributed by atoms with E-state index >= 15 is 0 Å². The summed E-state index contributed by atoms with van der Waals surface area (Å²) in [4.78, 5) is 12.0. The summed E-state index contributed by atoms with van der Waals surface area (Å²) in [5.41, 5.74) is 2.18. The van der Waals surface area contributed by atoms with Gasteiger partial charge in [-0.2, -0.15) is 0 Å². The first-order chi connectivity index (χ1) is 9.72. The molecule has 1 amide bonds. The highest BCUT2D eigenvalue weighted by atomic mass is 16.3. The first-order valence-electron chi connectivity index (χ1n) is 6.74. The molecule has 1 aromatic carbocycles. The number of carbonyl (C=O) groups excluding carboxylic acids is 1.